The van der Waals surface area contributed by atoms with Crippen molar-refractivity contribution < 1.29 is 18.7 Å². The maximum atomic E-state index is 14.3. The monoisotopic (exact) mass is 621 g/mol. The summed E-state index contributed by atoms with van der Waals surface area (Å²) in [7, 11) is 3.56. The van der Waals surface area contributed by atoms with Crippen molar-refractivity contribution in [2.75, 3.05) is 26.8 Å². The maximum absolute atomic E-state index is 14.3. The number of methoxy groups -OCH3 is 1. The summed E-state index contributed by atoms with van der Waals surface area (Å²) in [6.45, 7) is 5.17. The van der Waals surface area contributed by atoms with Gasteiger partial charge in [0.2, 0.25) is 5.88 Å². The number of Topliss-reactive ketones (excluding diaryl/α,β-unsaturated/α-hetero) is 1. The third-order valence-corrected chi connectivity index (χ3v) is 8.55. The summed E-state index contributed by atoms with van der Waals surface area (Å²) >= 11 is 0. The van der Waals surface area contributed by atoms with Gasteiger partial charge in [0.25, 0.3) is 0 Å². The molecule has 1 fully saturated rings. The minimum atomic E-state index is -0.467. The number of ketones is 1. The molecule has 1 aliphatic rings. The lowest BCUT2D eigenvalue weighted by molar-refractivity contribution is 0.101. The number of carbonyl (C=O) groups is 1. The van der Waals surface area contributed by atoms with E-state index in [-0.39, 0.29) is 23.9 Å². The summed E-state index contributed by atoms with van der Waals surface area (Å²) < 4.78 is 29.5. The van der Waals surface area contributed by atoms with Crippen LogP contribution in [0.15, 0.2) is 60.9 Å². The number of aryl methyl sites for hydroxylation is 1. The Balaban J connectivity index is 1.17. The highest BCUT2D eigenvalue weighted by atomic mass is 19.1. The fraction of sp³-hybridized carbons (Fsp3) is 0.343. The van der Waals surface area contributed by atoms with E-state index < -0.39 is 5.82 Å². The number of carbonyl (C=O) groups excluding carboxylic acids is 1. The zero-order chi connectivity index (χ0) is 32.2. The molecule has 0 N–H and O–H groups in total. The Morgan fingerprint density at radius 2 is 1.96 bits per heavy atom. The number of imidazole rings is 1. The molecule has 5 aromatic rings. The van der Waals surface area contributed by atoms with Crippen molar-refractivity contribution in [1.29, 1.82) is 5.26 Å². The van der Waals surface area contributed by atoms with E-state index in [4.69, 9.17) is 24.7 Å². The number of likely N-dealkylation sites (tertiary alicyclic amines) is 1. The van der Waals surface area contributed by atoms with Gasteiger partial charge in [-0.25, -0.2) is 14.4 Å². The molecule has 1 aliphatic heterocycles. The number of nitrogens with zero attached hydrogens (tertiary/aromatic N) is 7. The molecule has 4 heterocycles. The molecule has 0 atom stereocenters. The molecule has 11 heteroatoms. The number of ether oxygens (including phenoxy) is 2. The molecular weight excluding hydrogens is 585 g/mol. The number of aromatic nitrogens is 5. The Kier molecular flexibility index (Phi) is 9.19. The molecule has 10 nitrogen and oxygen atoms in total. The number of benzene rings is 2. The van der Waals surface area contributed by atoms with Gasteiger partial charge in [0.15, 0.2) is 5.78 Å². The number of piperidine rings is 1. The third-order valence-electron chi connectivity index (χ3n) is 8.55. The number of hydrogen-bond donors (Lipinski definition) is 0. The third kappa shape index (κ3) is 6.68. The molecule has 3 aromatic heterocycles. The van der Waals surface area contributed by atoms with Crippen LogP contribution in [-0.4, -0.2) is 61.8 Å². The Bertz CT molecular complexity index is 1920. The van der Waals surface area contributed by atoms with Crippen molar-refractivity contribution in [2.45, 2.75) is 45.4 Å². The van der Waals surface area contributed by atoms with E-state index in [0.717, 1.165) is 59.6 Å². The van der Waals surface area contributed by atoms with Gasteiger partial charge in [-0.3, -0.25) is 14.4 Å². The van der Waals surface area contributed by atoms with Gasteiger partial charge < -0.3 is 14.0 Å². The van der Waals surface area contributed by atoms with Crippen LogP contribution in [0.1, 0.15) is 58.7 Å². The molecule has 0 amide bonds. The van der Waals surface area contributed by atoms with Gasteiger partial charge in [-0.15, -0.1) is 0 Å². The first kappa shape index (κ1) is 31.1. The molecule has 2 aromatic carbocycles. The number of rotatable bonds is 11. The topological polar surface area (TPSA) is 111 Å². The van der Waals surface area contributed by atoms with E-state index in [1.165, 1.54) is 6.07 Å². The van der Waals surface area contributed by atoms with E-state index in [0.29, 0.717) is 36.7 Å². The molecule has 46 heavy (non-hydrogen) atoms. The molecule has 0 aliphatic carbocycles. The molecule has 0 spiro atoms. The largest absolute Gasteiger partial charge is 0.473 e. The van der Waals surface area contributed by atoms with Crippen LogP contribution >= 0.6 is 0 Å². The van der Waals surface area contributed by atoms with Gasteiger partial charge in [0, 0.05) is 66.8 Å². The summed E-state index contributed by atoms with van der Waals surface area (Å²) in [5, 5.41) is 13.3. The molecule has 6 rings (SSSR count). The average molecular weight is 622 g/mol. The average Bonchev–Trinajstić information content (AvgIpc) is 3.65. The van der Waals surface area contributed by atoms with Gasteiger partial charge >= 0.3 is 0 Å². The molecule has 0 radical (unpaired) electrons. The molecular formula is C35H36FN7O3. The minimum absolute atomic E-state index is 0.000322. The summed E-state index contributed by atoms with van der Waals surface area (Å²) in [6, 6.07) is 15.9. The Labute approximate surface area is 267 Å². The zero-order valence-electron chi connectivity index (χ0n) is 26.2. The van der Waals surface area contributed by atoms with Crippen molar-refractivity contribution in [1.82, 2.24) is 29.2 Å². The first-order valence-electron chi connectivity index (χ1n) is 15.4. The standard InChI is InChI=1S/C35H36FN7O3/c1-23(44)27-16-29(28-19-38-41(2)20-28)35-32(17-27)43(13-14-45-3)33(40-35)21-42-11-9-25(10-12-42)31-5-4-6-34(39-31)46-22-26-8-7-24(18-37)15-30(26)36/h4-8,15-17,19-20,25H,9-14,21-22H2,1-3H3. The molecule has 0 saturated carbocycles. The van der Waals surface area contributed by atoms with Crippen LogP contribution in [0.25, 0.3) is 22.2 Å². The first-order chi connectivity index (χ1) is 22.3. The molecule has 0 unspecified atom stereocenters. The maximum Gasteiger partial charge on any atom is 0.213 e. The van der Waals surface area contributed by atoms with E-state index in [2.05, 4.69) is 14.6 Å². The van der Waals surface area contributed by atoms with E-state index >= 15 is 0 Å². The lowest BCUT2D eigenvalue weighted by Gasteiger charge is -2.31. The quantitative estimate of drug-likeness (QED) is 0.174. The second kappa shape index (κ2) is 13.6. The summed E-state index contributed by atoms with van der Waals surface area (Å²) in [4.78, 5) is 24.8. The summed E-state index contributed by atoms with van der Waals surface area (Å²) in [6.07, 6.45) is 5.59. The van der Waals surface area contributed by atoms with Crippen LogP contribution in [0.3, 0.4) is 0 Å². The smallest absolute Gasteiger partial charge is 0.213 e. The predicted octanol–water partition coefficient (Wildman–Crippen LogP) is 5.65. The van der Waals surface area contributed by atoms with E-state index in [1.807, 2.05) is 43.6 Å². The van der Waals surface area contributed by atoms with Gasteiger partial charge in [-0.2, -0.15) is 10.4 Å². The van der Waals surface area contributed by atoms with Crippen molar-refractivity contribution in [3.8, 4) is 23.1 Å². The van der Waals surface area contributed by atoms with E-state index in [9.17, 15) is 9.18 Å². The normalized spacial score (nSPS) is 14.1. The van der Waals surface area contributed by atoms with Crippen LogP contribution in [0.5, 0.6) is 5.88 Å². The Morgan fingerprint density at radius 1 is 1.13 bits per heavy atom. The summed E-state index contributed by atoms with van der Waals surface area (Å²) in [5.74, 6) is 1.18. The number of hydrogen-bond acceptors (Lipinski definition) is 8. The van der Waals surface area contributed by atoms with Crippen molar-refractivity contribution in [3.63, 3.8) is 0 Å². The van der Waals surface area contributed by atoms with Crippen LogP contribution in [0, 0.1) is 17.1 Å². The molecule has 236 valence electrons. The van der Waals surface area contributed by atoms with Crippen LogP contribution < -0.4 is 4.74 Å². The number of pyridine rings is 1. The van der Waals surface area contributed by atoms with Crippen LogP contribution in [-0.2, 0) is 31.5 Å². The van der Waals surface area contributed by atoms with Crippen molar-refractivity contribution >= 4 is 16.8 Å². The van der Waals surface area contributed by atoms with E-state index in [1.54, 1.807) is 43.1 Å². The lowest BCUT2D eigenvalue weighted by atomic mass is 9.93. The predicted molar refractivity (Wildman–Crippen MR) is 171 cm³/mol. The SMILES string of the molecule is COCCn1c(CN2CCC(c3cccc(OCc4ccc(C#N)cc4F)n3)CC2)nc2c(-c3cnn(C)c3)cc(C(C)=O)cc21. The van der Waals surface area contributed by atoms with Crippen molar-refractivity contribution in [2.24, 2.45) is 7.05 Å². The highest BCUT2D eigenvalue weighted by Gasteiger charge is 2.25. The summed E-state index contributed by atoms with van der Waals surface area (Å²) in [5.41, 5.74) is 5.82. The van der Waals surface area contributed by atoms with Gasteiger partial charge in [0.1, 0.15) is 18.2 Å². The zero-order valence-corrected chi connectivity index (χ0v) is 26.2. The number of halogens is 1. The van der Waals surface area contributed by atoms with Gasteiger partial charge in [-0.1, -0.05) is 12.1 Å². The Morgan fingerprint density at radius 3 is 2.65 bits per heavy atom. The van der Waals surface area contributed by atoms with Gasteiger partial charge in [0.05, 0.1) is 42.0 Å². The van der Waals surface area contributed by atoms with Gasteiger partial charge in [-0.05, 0) is 63.2 Å². The van der Waals surface area contributed by atoms with Crippen LogP contribution in [0.4, 0.5) is 4.39 Å². The lowest BCUT2D eigenvalue weighted by Crippen LogP contribution is -2.33. The second-order valence-corrected chi connectivity index (χ2v) is 11.7. The van der Waals surface area contributed by atoms with Crippen LogP contribution in [0.2, 0.25) is 0 Å². The van der Waals surface area contributed by atoms with Crippen molar-refractivity contribution in [3.05, 3.63) is 95.0 Å². The number of nitriles is 1. The highest BCUT2D eigenvalue weighted by molar-refractivity contribution is 6.02. The second-order valence-electron chi connectivity index (χ2n) is 11.7. The fourth-order valence-electron chi connectivity index (χ4n) is 6.02. The molecule has 1 saturated heterocycles. The highest BCUT2D eigenvalue weighted by Crippen LogP contribution is 2.33. The first-order valence-corrected chi connectivity index (χ1v) is 15.4. The molecule has 0 bridgehead atoms. The number of fused-ring (bicyclic) bond motifs is 1. The fourth-order valence-corrected chi connectivity index (χ4v) is 6.02. The Hall–Kier alpha value is -4.92. The minimum Gasteiger partial charge on any atom is -0.473 e.